The Kier molecular flexibility index (Phi) is 7.54. The van der Waals surface area contributed by atoms with Crippen LogP contribution in [0, 0.1) is 10.1 Å². The highest BCUT2D eigenvalue weighted by Gasteiger charge is 2.12. The van der Waals surface area contributed by atoms with Crippen molar-refractivity contribution < 1.29 is 9.66 Å². The third kappa shape index (κ3) is 5.50. The van der Waals surface area contributed by atoms with E-state index in [2.05, 4.69) is 18.8 Å². The molecule has 0 heterocycles. The summed E-state index contributed by atoms with van der Waals surface area (Å²) in [7, 11) is 0. The van der Waals surface area contributed by atoms with Gasteiger partial charge in [0, 0.05) is 24.7 Å². The van der Waals surface area contributed by atoms with E-state index in [4.69, 9.17) is 4.74 Å². The van der Waals surface area contributed by atoms with E-state index < -0.39 is 0 Å². The van der Waals surface area contributed by atoms with Gasteiger partial charge in [-0.25, -0.2) is 0 Å². The monoisotopic (exact) mass is 278 g/mol. The van der Waals surface area contributed by atoms with Crippen LogP contribution >= 0.6 is 0 Å². The fourth-order valence-corrected chi connectivity index (χ4v) is 1.93. The van der Waals surface area contributed by atoms with E-state index >= 15 is 0 Å². The predicted octanol–water partition coefficient (Wildman–Crippen LogP) is 3.23. The number of non-ortho nitro benzene ring substituents is 1. The molecule has 1 rings (SSSR count). The summed E-state index contributed by atoms with van der Waals surface area (Å²) in [5, 5.41) is 14.1. The van der Waals surface area contributed by atoms with Crippen LogP contribution in [0.2, 0.25) is 0 Å². The maximum Gasteiger partial charge on any atom is 0.269 e. The topological polar surface area (TPSA) is 64.4 Å². The Morgan fingerprint density at radius 2 is 2.30 bits per heavy atom. The minimum absolute atomic E-state index is 0.109. The molecule has 5 nitrogen and oxygen atoms in total. The van der Waals surface area contributed by atoms with Gasteiger partial charge in [0.05, 0.1) is 18.1 Å². The van der Waals surface area contributed by atoms with Gasteiger partial charge in [0.2, 0.25) is 0 Å². The summed E-state index contributed by atoms with van der Waals surface area (Å²) in [4.78, 5) is 10.4. The maximum absolute atomic E-state index is 10.8. The number of nitro groups is 1. The molecule has 0 aliphatic rings. The molecule has 1 aromatic carbocycles. The van der Waals surface area contributed by atoms with E-state index in [1.165, 1.54) is 6.07 Å². The summed E-state index contributed by atoms with van der Waals surface area (Å²) in [5.41, 5.74) is 1.07. The van der Waals surface area contributed by atoms with Gasteiger partial charge in [-0.3, -0.25) is 10.1 Å². The molecule has 0 fully saturated rings. The maximum atomic E-state index is 10.8. The van der Waals surface area contributed by atoms with Crippen molar-refractivity contribution in [1.29, 1.82) is 0 Å². The van der Waals surface area contributed by atoms with E-state index in [-0.39, 0.29) is 16.7 Å². The van der Waals surface area contributed by atoms with Crippen molar-refractivity contribution in [1.82, 2.24) is 5.32 Å². The first kappa shape index (κ1) is 16.3. The molecule has 0 radical (unpaired) electrons. The van der Waals surface area contributed by atoms with E-state index in [1.54, 1.807) is 12.1 Å². The van der Waals surface area contributed by atoms with Gasteiger partial charge in [0.15, 0.2) is 0 Å². The summed E-state index contributed by atoms with van der Waals surface area (Å²) in [5.74, 6) is 0. The summed E-state index contributed by atoms with van der Waals surface area (Å²) >= 11 is 0. The van der Waals surface area contributed by atoms with Crippen LogP contribution in [-0.2, 0) is 4.74 Å². The lowest BCUT2D eigenvalue weighted by molar-refractivity contribution is -0.384. The van der Waals surface area contributed by atoms with Crippen LogP contribution in [0.5, 0.6) is 0 Å². The van der Waals surface area contributed by atoms with E-state index in [9.17, 15) is 10.1 Å². The molecule has 110 valence electrons. The lowest BCUT2D eigenvalue weighted by Gasteiger charge is -2.17. The van der Waals surface area contributed by atoms with Crippen LogP contribution in [0.15, 0.2) is 36.9 Å². The highest BCUT2D eigenvalue weighted by molar-refractivity contribution is 5.35. The molecule has 1 atom stereocenters. The second-order valence-electron chi connectivity index (χ2n) is 4.46. The summed E-state index contributed by atoms with van der Waals surface area (Å²) in [6.45, 7) is 7.71. The Hall–Kier alpha value is -1.72. The van der Waals surface area contributed by atoms with Gasteiger partial charge in [-0.2, -0.15) is 0 Å². The molecule has 20 heavy (non-hydrogen) atoms. The Morgan fingerprint density at radius 1 is 1.50 bits per heavy atom. The van der Waals surface area contributed by atoms with Gasteiger partial charge in [-0.1, -0.05) is 25.1 Å². The van der Waals surface area contributed by atoms with Gasteiger partial charge in [-0.15, -0.1) is 6.58 Å². The van der Waals surface area contributed by atoms with Gasteiger partial charge in [0.25, 0.3) is 5.69 Å². The molecule has 1 aromatic rings. The average molecular weight is 278 g/mol. The largest absolute Gasteiger partial charge is 0.380 e. The van der Waals surface area contributed by atoms with Crippen molar-refractivity contribution in [3.05, 3.63) is 52.6 Å². The van der Waals surface area contributed by atoms with Gasteiger partial charge < -0.3 is 10.1 Å². The number of nitro benzene ring substituents is 1. The molecule has 0 aliphatic carbocycles. The average Bonchev–Trinajstić information content (AvgIpc) is 2.46. The fraction of sp³-hybridized carbons (Fsp3) is 0.467. The standard InChI is InChI=1S/C15H22N2O3/c1-3-5-10-20-11-9-16-15(4-2)13-7-6-8-14(12-13)17(18)19/h3,6-8,12,15-16H,1,4-5,9-11H2,2H3. The fourth-order valence-electron chi connectivity index (χ4n) is 1.93. The van der Waals surface area contributed by atoms with E-state index in [1.807, 2.05) is 12.1 Å². The third-order valence-corrected chi connectivity index (χ3v) is 3.00. The smallest absolute Gasteiger partial charge is 0.269 e. The Morgan fingerprint density at radius 3 is 2.95 bits per heavy atom. The highest BCUT2D eigenvalue weighted by atomic mass is 16.6. The van der Waals surface area contributed by atoms with Crippen LogP contribution in [-0.4, -0.2) is 24.7 Å². The SMILES string of the molecule is C=CCCOCCNC(CC)c1cccc([N+](=O)[O-])c1. The lowest BCUT2D eigenvalue weighted by Crippen LogP contribution is -2.25. The van der Waals surface area contributed by atoms with Crippen LogP contribution in [0.3, 0.4) is 0 Å². The third-order valence-electron chi connectivity index (χ3n) is 3.00. The van der Waals surface area contributed by atoms with Crippen LogP contribution in [0.25, 0.3) is 0 Å². The molecule has 5 heteroatoms. The highest BCUT2D eigenvalue weighted by Crippen LogP contribution is 2.21. The molecule has 0 amide bonds. The molecule has 1 N–H and O–H groups in total. The number of rotatable bonds is 10. The van der Waals surface area contributed by atoms with Gasteiger partial charge >= 0.3 is 0 Å². The molecular formula is C15H22N2O3. The molecule has 0 saturated heterocycles. The zero-order valence-corrected chi connectivity index (χ0v) is 11.9. The first-order valence-corrected chi connectivity index (χ1v) is 6.85. The van der Waals surface area contributed by atoms with Crippen molar-refractivity contribution in [2.45, 2.75) is 25.8 Å². The van der Waals surface area contributed by atoms with E-state index in [0.29, 0.717) is 13.2 Å². The molecule has 1 unspecified atom stereocenters. The minimum atomic E-state index is -0.366. The van der Waals surface area contributed by atoms with Crippen molar-refractivity contribution in [2.75, 3.05) is 19.8 Å². The normalized spacial score (nSPS) is 12.1. The molecule has 0 bridgehead atoms. The van der Waals surface area contributed by atoms with Crippen LogP contribution in [0.4, 0.5) is 5.69 Å². The van der Waals surface area contributed by atoms with Crippen LogP contribution in [0.1, 0.15) is 31.4 Å². The lowest BCUT2D eigenvalue weighted by atomic mass is 10.0. The van der Waals surface area contributed by atoms with Gasteiger partial charge in [0.1, 0.15) is 0 Å². The predicted molar refractivity (Wildman–Crippen MR) is 79.8 cm³/mol. The number of nitrogens with one attached hydrogen (secondary N) is 1. The Bertz CT molecular complexity index is 435. The second-order valence-corrected chi connectivity index (χ2v) is 4.46. The minimum Gasteiger partial charge on any atom is -0.380 e. The van der Waals surface area contributed by atoms with Gasteiger partial charge in [-0.05, 0) is 18.4 Å². The molecular weight excluding hydrogens is 256 g/mol. The molecule has 0 aliphatic heterocycles. The number of hydrogen-bond acceptors (Lipinski definition) is 4. The first-order valence-electron chi connectivity index (χ1n) is 6.85. The molecule has 0 spiro atoms. The quantitative estimate of drug-likeness (QED) is 0.309. The number of benzene rings is 1. The molecule has 0 saturated carbocycles. The first-order chi connectivity index (χ1) is 9.69. The Balaban J connectivity index is 2.47. The van der Waals surface area contributed by atoms with Crippen molar-refractivity contribution in [3.63, 3.8) is 0 Å². The Labute approximate surface area is 119 Å². The van der Waals surface area contributed by atoms with Crippen LogP contribution < -0.4 is 5.32 Å². The zero-order chi connectivity index (χ0) is 14.8. The summed E-state index contributed by atoms with van der Waals surface area (Å²) < 4.78 is 5.42. The number of ether oxygens (including phenoxy) is 1. The summed E-state index contributed by atoms with van der Waals surface area (Å²) in [6.07, 6.45) is 3.54. The zero-order valence-electron chi connectivity index (χ0n) is 11.9. The van der Waals surface area contributed by atoms with Crippen molar-refractivity contribution in [2.24, 2.45) is 0 Å². The second kappa shape index (κ2) is 9.23. The molecule has 0 aromatic heterocycles. The van der Waals surface area contributed by atoms with Crippen molar-refractivity contribution >= 4 is 5.69 Å². The number of nitrogens with zero attached hydrogens (tertiary/aromatic N) is 1. The van der Waals surface area contributed by atoms with E-state index in [0.717, 1.165) is 24.9 Å². The van der Waals surface area contributed by atoms with Crippen molar-refractivity contribution in [3.8, 4) is 0 Å². The number of hydrogen-bond donors (Lipinski definition) is 1. The summed E-state index contributed by atoms with van der Waals surface area (Å²) in [6, 6.07) is 6.87.